The van der Waals surface area contributed by atoms with E-state index in [4.69, 9.17) is 16.3 Å². The Morgan fingerprint density at radius 2 is 1.90 bits per heavy atom. The van der Waals surface area contributed by atoms with Crippen molar-refractivity contribution in [1.82, 2.24) is 9.66 Å². The molecule has 156 valence electrons. The van der Waals surface area contributed by atoms with Crippen molar-refractivity contribution in [3.05, 3.63) is 102 Å². The van der Waals surface area contributed by atoms with Gasteiger partial charge >= 0.3 is 0 Å². The molecule has 4 rings (SSSR count). The monoisotopic (exact) mass is 559 g/mol. The molecule has 0 saturated carbocycles. The van der Waals surface area contributed by atoms with Crippen LogP contribution < -0.4 is 10.3 Å². The van der Waals surface area contributed by atoms with Crippen molar-refractivity contribution in [2.24, 2.45) is 5.10 Å². The van der Waals surface area contributed by atoms with Crippen LogP contribution in [0, 0.1) is 6.92 Å². The maximum atomic E-state index is 12.9. The van der Waals surface area contributed by atoms with Crippen molar-refractivity contribution >= 4 is 60.6 Å². The van der Waals surface area contributed by atoms with Gasteiger partial charge in [0.2, 0.25) is 0 Å². The van der Waals surface area contributed by atoms with Gasteiger partial charge in [0.1, 0.15) is 12.4 Å². The summed E-state index contributed by atoms with van der Waals surface area (Å²) in [6.45, 7) is 2.14. The Balaban J connectivity index is 1.62. The second-order valence-corrected chi connectivity index (χ2v) is 8.95. The second kappa shape index (κ2) is 9.34. The summed E-state index contributed by atoms with van der Waals surface area (Å²) in [7, 11) is 0. The Labute approximate surface area is 200 Å². The maximum Gasteiger partial charge on any atom is 0.282 e. The van der Waals surface area contributed by atoms with Crippen molar-refractivity contribution in [2.75, 3.05) is 0 Å². The number of halogens is 3. The Morgan fingerprint density at radius 1 is 1.13 bits per heavy atom. The molecule has 0 aliphatic rings. The van der Waals surface area contributed by atoms with E-state index in [1.54, 1.807) is 31.3 Å². The lowest BCUT2D eigenvalue weighted by molar-refractivity contribution is 0.304. The quantitative estimate of drug-likeness (QED) is 0.267. The fourth-order valence-electron chi connectivity index (χ4n) is 3.04. The number of hydrogen-bond acceptors (Lipinski definition) is 4. The van der Waals surface area contributed by atoms with Crippen LogP contribution in [0.15, 0.2) is 79.5 Å². The summed E-state index contributed by atoms with van der Waals surface area (Å²) in [4.78, 5) is 17.3. The molecule has 0 saturated heterocycles. The molecule has 1 heterocycles. The third-order valence-electron chi connectivity index (χ3n) is 4.54. The first kappa shape index (κ1) is 21.7. The molecule has 0 N–H and O–H groups in total. The lowest BCUT2D eigenvalue weighted by atomic mass is 10.2. The zero-order valence-electron chi connectivity index (χ0n) is 16.3. The van der Waals surface area contributed by atoms with Crippen LogP contribution in [-0.2, 0) is 6.61 Å². The van der Waals surface area contributed by atoms with Gasteiger partial charge in [-0.05, 0) is 64.3 Å². The van der Waals surface area contributed by atoms with Gasteiger partial charge in [0.15, 0.2) is 5.75 Å². The number of rotatable bonds is 5. The first-order chi connectivity index (χ1) is 14.9. The van der Waals surface area contributed by atoms with Gasteiger partial charge in [0, 0.05) is 4.47 Å². The largest absolute Gasteiger partial charge is 0.486 e. The van der Waals surface area contributed by atoms with E-state index in [1.807, 2.05) is 42.5 Å². The summed E-state index contributed by atoms with van der Waals surface area (Å²) >= 11 is 13.3. The molecule has 0 aliphatic heterocycles. The minimum atomic E-state index is -0.243. The molecule has 0 bridgehead atoms. The summed E-state index contributed by atoms with van der Waals surface area (Å²) < 4.78 is 8.65. The highest BCUT2D eigenvalue weighted by Gasteiger charge is 2.11. The van der Waals surface area contributed by atoms with Crippen LogP contribution in [0.1, 0.15) is 17.0 Å². The number of fused-ring (bicyclic) bond motifs is 1. The number of ether oxygens (including phenoxy) is 1. The molecule has 0 amide bonds. The number of benzene rings is 3. The van der Waals surface area contributed by atoms with Gasteiger partial charge in [0.25, 0.3) is 5.56 Å². The van der Waals surface area contributed by atoms with Crippen LogP contribution in [0.3, 0.4) is 0 Å². The zero-order valence-corrected chi connectivity index (χ0v) is 20.3. The molecule has 0 fully saturated rings. The number of hydrogen-bond donors (Lipinski definition) is 0. The van der Waals surface area contributed by atoms with Gasteiger partial charge in [-0.1, -0.05) is 57.9 Å². The Hall–Kier alpha value is -2.48. The summed E-state index contributed by atoms with van der Waals surface area (Å²) in [5, 5.41) is 5.27. The van der Waals surface area contributed by atoms with Gasteiger partial charge in [-0.3, -0.25) is 4.79 Å². The molecule has 31 heavy (non-hydrogen) atoms. The molecule has 0 atom stereocenters. The van der Waals surface area contributed by atoms with E-state index < -0.39 is 0 Å². The van der Waals surface area contributed by atoms with Crippen LogP contribution >= 0.6 is 43.5 Å². The fourth-order valence-corrected chi connectivity index (χ4v) is 4.39. The molecule has 8 heteroatoms. The SMILES string of the molecule is Cc1nc2ccc(Br)cc2c(=O)n1N=Cc1cc(Cl)c(OCc2ccccc2)c(Br)c1. The topological polar surface area (TPSA) is 56.5 Å². The highest BCUT2D eigenvalue weighted by Crippen LogP contribution is 2.34. The van der Waals surface area contributed by atoms with E-state index in [-0.39, 0.29) is 5.56 Å². The smallest absolute Gasteiger partial charge is 0.282 e. The minimum absolute atomic E-state index is 0.243. The number of aryl methyl sites for hydroxylation is 1. The van der Waals surface area contributed by atoms with Crippen molar-refractivity contribution in [2.45, 2.75) is 13.5 Å². The molecule has 0 radical (unpaired) electrons. The third-order valence-corrected chi connectivity index (χ3v) is 5.90. The van der Waals surface area contributed by atoms with Crippen LogP contribution in [0.5, 0.6) is 5.75 Å². The van der Waals surface area contributed by atoms with Crippen molar-refractivity contribution in [1.29, 1.82) is 0 Å². The molecule has 0 spiro atoms. The predicted octanol–water partition coefficient (Wildman–Crippen LogP) is 6.34. The summed E-state index contributed by atoms with van der Waals surface area (Å²) in [5.41, 5.74) is 2.14. The van der Waals surface area contributed by atoms with Gasteiger partial charge in [-0.25, -0.2) is 4.98 Å². The van der Waals surface area contributed by atoms with Gasteiger partial charge in [0.05, 0.1) is 26.6 Å². The standard InChI is InChI=1S/C23H16Br2ClN3O2/c1-14-28-21-8-7-17(24)11-18(21)23(30)29(14)27-12-16-9-19(25)22(20(26)10-16)31-13-15-5-3-2-4-6-15/h2-12H,13H2,1H3. The molecule has 4 aromatic rings. The van der Waals surface area contributed by atoms with Crippen molar-refractivity contribution in [3.8, 4) is 5.75 Å². The van der Waals surface area contributed by atoms with Gasteiger partial charge in [-0.15, -0.1) is 0 Å². The highest BCUT2D eigenvalue weighted by atomic mass is 79.9. The summed E-state index contributed by atoms with van der Waals surface area (Å²) in [5.74, 6) is 1.04. The number of nitrogens with zero attached hydrogens (tertiary/aromatic N) is 3. The molecule has 1 aromatic heterocycles. The lowest BCUT2D eigenvalue weighted by Gasteiger charge is -2.11. The molecular weight excluding hydrogens is 546 g/mol. The van der Waals surface area contributed by atoms with E-state index in [9.17, 15) is 4.79 Å². The first-order valence-electron chi connectivity index (χ1n) is 9.31. The number of aromatic nitrogens is 2. The van der Waals surface area contributed by atoms with Gasteiger partial charge < -0.3 is 4.74 Å². The van der Waals surface area contributed by atoms with E-state index in [0.717, 1.165) is 10.0 Å². The maximum absolute atomic E-state index is 12.9. The molecule has 3 aromatic carbocycles. The highest BCUT2D eigenvalue weighted by molar-refractivity contribution is 9.10. The van der Waals surface area contributed by atoms with Crippen LogP contribution in [-0.4, -0.2) is 15.9 Å². The predicted molar refractivity (Wildman–Crippen MR) is 131 cm³/mol. The fraction of sp³-hybridized carbons (Fsp3) is 0.0870. The average Bonchev–Trinajstić information content (AvgIpc) is 2.74. The van der Waals surface area contributed by atoms with E-state index in [0.29, 0.717) is 44.1 Å². The molecule has 0 unspecified atom stereocenters. The normalized spacial score (nSPS) is 11.4. The first-order valence-corrected chi connectivity index (χ1v) is 11.3. The Morgan fingerprint density at radius 3 is 2.65 bits per heavy atom. The Kier molecular flexibility index (Phi) is 6.55. The van der Waals surface area contributed by atoms with Crippen molar-refractivity contribution < 1.29 is 4.74 Å². The summed E-state index contributed by atoms with van der Waals surface area (Å²) in [6.07, 6.45) is 1.57. The van der Waals surface area contributed by atoms with Crippen molar-refractivity contribution in [3.63, 3.8) is 0 Å². The second-order valence-electron chi connectivity index (χ2n) is 6.77. The minimum Gasteiger partial charge on any atom is -0.486 e. The average molecular weight is 562 g/mol. The van der Waals surface area contributed by atoms with E-state index in [1.165, 1.54) is 4.68 Å². The van der Waals surface area contributed by atoms with Gasteiger partial charge in [-0.2, -0.15) is 9.78 Å². The van der Waals surface area contributed by atoms with Crippen LogP contribution in [0.4, 0.5) is 0 Å². The van der Waals surface area contributed by atoms with E-state index in [2.05, 4.69) is 41.9 Å². The summed E-state index contributed by atoms with van der Waals surface area (Å²) in [6, 6.07) is 18.8. The Bertz CT molecular complexity index is 1330. The van der Waals surface area contributed by atoms with E-state index >= 15 is 0 Å². The van der Waals surface area contributed by atoms with Crippen LogP contribution in [0.2, 0.25) is 5.02 Å². The molecule has 0 aliphatic carbocycles. The third kappa shape index (κ3) is 4.89. The lowest BCUT2D eigenvalue weighted by Crippen LogP contribution is -2.20. The molecular formula is C23H16Br2ClN3O2. The zero-order chi connectivity index (χ0) is 22.0. The molecule has 5 nitrogen and oxygen atoms in total. The van der Waals surface area contributed by atoms with Crippen LogP contribution in [0.25, 0.3) is 10.9 Å².